The number of rotatable bonds is 6. The Morgan fingerprint density at radius 3 is 2.65 bits per heavy atom. The molecule has 1 aliphatic carbocycles. The number of amides is 1. The second kappa shape index (κ2) is 7.95. The maximum absolute atomic E-state index is 12.2. The Bertz CT molecular complexity index is 598. The van der Waals surface area contributed by atoms with Crippen molar-refractivity contribution in [3.05, 3.63) is 53.9 Å². The third-order valence-electron chi connectivity index (χ3n) is 4.66. The van der Waals surface area contributed by atoms with Crippen LogP contribution < -0.4 is 5.32 Å². The number of nitrogens with one attached hydrogen (secondary N) is 1. The molecule has 0 aliphatic heterocycles. The highest BCUT2D eigenvalue weighted by Gasteiger charge is 2.15. The Morgan fingerprint density at radius 2 is 1.96 bits per heavy atom. The molecule has 1 heterocycles. The normalized spacial score (nSPS) is 15.5. The van der Waals surface area contributed by atoms with E-state index in [0.717, 1.165) is 18.5 Å². The second-order valence-electron chi connectivity index (χ2n) is 6.34. The first-order valence-corrected chi connectivity index (χ1v) is 8.68. The Morgan fingerprint density at radius 1 is 1.17 bits per heavy atom. The molecular weight excluding hydrogens is 286 g/mol. The van der Waals surface area contributed by atoms with Gasteiger partial charge in [-0.25, -0.2) is 0 Å². The van der Waals surface area contributed by atoms with Crippen LogP contribution in [0.3, 0.4) is 0 Å². The molecule has 4 nitrogen and oxygen atoms in total. The molecule has 3 rings (SSSR count). The number of nitrogens with zero attached hydrogens (tertiary/aromatic N) is 2. The standard InChI is InChI=1S/C19H25N3O/c23-19(20-12-4-14-22-15-5-13-21-22)18-10-8-17(9-11-18)16-6-2-1-3-7-16/h5,8-11,13,15-16H,1-4,6-7,12,14H2,(H,20,23). The summed E-state index contributed by atoms with van der Waals surface area (Å²) in [4.78, 5) is 12.2. The molecule has 1 amide bonds. The van der Waals surface area contributed by atoms with Crippen molar-refractivity contribution in [2.75, 3.05) is 6.54 Å². The van der Waals surface area contributed by atoms with E-state index in [1.165, 1.54) is 37.7 Å². The molecule has 2 aromatic rings. The highest BCUT2D eigenvalue weighted by molar-refractivity contribution is 5.94. The van der Waals surface area contributed by atoms with Crippen molar-refractivity contribution in [2.24, 2.45) is 0 Å². The van der Waals surface area contributed by atoms with Gasteiger partial charge in [-0.3, -0.25) is 9.48 Å². The molecule has 122 valence electrons. The lowest BCUT2D eigenvalue weighted by Crippen LogP contribution is -2.25. The van der Waals surface area contributed by atoms with Gasteiger partial charge in [-0.1, -0.05) is 31.4 Å². The van der Waals surface area contributed by atoms with E-state index < -0.39 is 0 Å². The topological polar surface area (TPSA) is 46.9 Å². The van der Waals surface area contributed by atoms with Crippen LogP contribution in [0.1, 0.15) is 60.4 Å². The van der Waals surface area contributed by atoms with Crippen LogP contribution in [0.5, 0.6) is 0 Å². The molecule has 1 aliphatic rings. The fourth-order valence-electron chi connectivity index (χ4n) is 3.32. The smallest absolute Gasteiger partial charge is 0.251 e. The average Bonchev–Trinajstić information content (AvgIpc) is 3.13. The van der Waals surface area contributed by atoms with Crippen LogP contribution in [0, 0.1) is 0 Å². The summed E-state index contributed by atoms with van der Waals surface area (Å²) in [6.45, 7) is 1.50. The van der Waals surface area contributed by atoms with Crippen molar-refractivity contribution in [1.82, 2.24) is 15.1 Å². The van der Waals surface area contributed by atoms with Crippen LogP contribution in [0.25, 0.3) is 0 Å². The number of hydrogen-bond acceptors (Lipinski definition) is 2. The molecule has 0 unspecified atom stereocenters. The van der Waals surface area contributed by atoms with Gasteiger partial charge in [0.15, 0.2) is 0 Å². The third kappa shape index (κ3) is 4.44. The van der Waals surface area contributed by atoms with E-state index in [-0.39, 0.29) is 5.91 Å². The molecule has 1 aromatic heterocycles. The number of aromatic nitrogens is 2. The SMILES string of the molecule is O=C(NCCCn1cccn1)c1ccc(C2CCCCC2)cc1. The highest BCUT2D eigenvalue weighted by Crippen LogP contribution is 2.32. The summed E-state index contributed by atoms with van der Waals surface area (Å²) in [5.74, 6) is 0.704. The van der Waals surface area contributed by atoms with Gasteiger partial charge >= 0.3 is 0 Å². The first-order chi connectivity index (χ1) is 11.3. The summed E-state index contributed by atoms with van der Waals surface area (Å²) in [7, 11) is 0. The van der Waals surface area contributed by atoms with Crippen LogP contribution in [0.4, 0.5) is 0 Å². The summed E-state index contributed by atoms with van der Waals surface area (Å²) in [5.41, 5.74) is 2.14. The van der Waals surface area contributed by atoms with Crippen molar-refractivity contribution < 1.29 is 4.79 Å². The molecule has 0 bridgehead atoms. The Kier molecular flexibility index (Phi) is 5.46. The molecule has 1 N–H and O–H groups in total. The first-order valence-electron chi connectivity index (χ1n) is 8.68. The van der Waals surface area contributed by atoms with E-state index in [2.05, 4.69) is 22.5 Å². The summed E-state index contributed by atoms with van der Waals surface area (Å²) in [6, 6.07) is 10.1. The number of carbonyl (C=O) groups excluding carboxylic acids is 1. The van der Waals surface area contributed by atoms with E-state index in [0.29, 0.717) is 12.5 Å². The molecule has 1 fully saturated rings. The minimum Gasteiger partial charge on any atom is -0.352 e. The Balaban J connectivity index is 1.45. The fourth-order valence-corrected chi connectivity index (χ4v) is 3.32. The molecular formula is C19H25N3O. The average molecular weight is 311 g/mol. The van der Waals surface area contributed by atoms with Gasteiger partial charge in [-0.15, -0.1) is 0 Å². The van der Waals surface area contributed by atoms with E-state index in [1.807, 2.05) is 29.1 Å². The molecule has 1 aromatic carbocycles. The molecule has 4 heteroatoms. The number of benzene rings is 1. The molecule has 1 saturated carbocycles. The van der Waals surface area contributed by atoms with E-state index in [4.69, 9.17) is 0 Å². The summed E-state index contributed by atoms with van der Waals surface area (Å²) in [6.07, 6.45) is 11.2. The number of carbonyl (C=O) groups is 1. The van der Waals surface area contributed by atoms with E-state index >= 15 is 0 Å². The zero-order valence-electron chi connectivity index (χ0n) is 13.6. The van der Waals surface area contributed by atoms with Crippen molar-refractivity contribution in [3.8, 4) is 0 Å². The van der Waals surface area contributed by atoms with Gasteiger partial charge < -0.3 is 5.32 Å². The Labute approximate surface area is 137 Å². The second-order valence-corrected chi connectivity index (χ2v) is 6.34. The quantitative estimate of drug-likeness (QED) is 0.826. The van der Waals surface area contributed by atoms with Gasteiger partial charge in [0.1, 0.15) is 0 Å². The summed E-state index contributed by atoms with van der Waals surface area (Å²) in [5, 5.41) is 7.13. The highest BCUT2D eigenvalue weighted by atomic mass is 16.1. The zero-order valence-corrected chi connectivity index (χ0v) is 13.6. The Hall–Kier alpha value is -2.10. The van der Waals surface area contributed by atoms with Crippen molar-refractivity contribution in [2.45, 2.75) is 51.0 Å². The lowest BCUT2D eigenvalue weighted by molar-refractivity contribution is 0.0952. The van der Waals surface area contributed by atoms with E-state index in [9.17, 15) is 4.79 Å². The predicted octanol–water partition coefficient (Wildman–Crippen LogP) is 3.75. The maximum Gasteiger partial charge on any atom is 0.251 e. The predicted molar refractivity (Wildman–Crippen MR) is 91.4 cm³/mol. The number of hydrogen-bond donors (Lipinski definition) is 1. The maximum atomic E-state index is 12.2. The minimum absolute atomic E-state index is 0.0145. The van der Waals surface area contributed by atoms with E-state index in [1.54, 1.807) is 6.20 Å². The van der Waals surface area contributed by atoms with Gasteiger partial charge in [0, 0.05) is 31.0 Å². The van der Waals surface area contributed by atoms with Crippen LogP contribution in [-0.4, -0.2) is 22.2 Å². The van der Waals surface area contributed by atoms with Gasteiger partial charge in [0.05, 0.1) is 0 Å². The largest absolute Gasteiger partial charge is 0.352 e. The van der Waals surface area contributed by atoms with Crippen molar-refractivity contribution in [3.63, 3.8) is 0 Å². The minimum atomic E-state index is 0.0145. The molecule has 0 atom stereocenters. The van der Waals surface area contributed by atoms with Crippen LogP contribution in [-0.2, 0) is 6.54 Å². The van der Waals surface area contributed by atoms with Crippen LogP contribution in [0.2, 0.25) is 0 Å². The molecule has 0 saturated heterocycles. The molecule has 23 heavy (non-hydrogen) atoms. The first kappa shape index (κ1) is 15.8. The van der Waals surface area contributed by atoms with Crippen LogP contribution in [0.15, 0.2) is 42.7 Å². The van der Waals surface area contributed by atoms with Crippen molar-refractivity contribution in [1.29, 1.82) is 0 Å². The lowest BCUT2D eigenvalue weighted by Gasteiger charge is -2.22. The van der Waals surface area contributed by atoms with Gasteiger partial charge in [-0.2, -0.15) is 5.10 Å². The van der Waals surface area contributed by atoms with Crippen molar-refractivity contribution >= 4 is 5.91 Å². The summed E-state index contributed by atoms with van der Waals surface area (Å²) < 4.78 is 1.88. The van der Waals surface area contributed by atoms with Crippen LogP contribution >= 0.6 is 0 Å². The number of aryl methyl sites for hydroxylation is 1. The zero-order chi connectivity index (χ0) is 15.9. The van der Waals surface area contributed by atoms with Gasteiger partial charge in [0.2, 0.25) is 0 Å². The van der Waals surface area contributed by atoms with Gasteiger partial charge in [-0.05, 0) is 48.9 Å². The summed E-state index contributed by atoms with van der Waals surface area (Å²) >= 11 is 0. The monoisotopic (exact) mass is 311 g/mol. The fraction of sp³-hybridized carbons (Fsp3) is 0.474. The molecule has 0 radical (unpaired) electrons. The lowest BCUT2D eigenvalue weighted by atomic mass is 9.84. The molecule has 0 spiro atoms. The van der Waals surface area contributed by atoms with Gasteiger partial charge in [0.25, 0.3) is 5.91 Å². The third-order valence-corrected chi connectivity index (χ3v) is 4.66.